The topological polar surface area (TPSA) is 26.9 Å². The van der Waals surface area contributed by atoms with E-state index in [1.807, 2.05) is 6.92 Å². The summed E-state index contributed by atoms with van der Waals surface area (Å²) in [5.41, 5.74) is -0.615. The molecule has 0 N–H and O–H groups in total. The minimum absolute atomic E-state index is 0.154. The third-order valence-electron chi connectivity index (χ3n) is 1.81. The van der Waals surface area contributed by atoms with Crippen molar-refractivity contribution in [2.45, 2.75) is 25.9 Å². The first-order chi connectivity index (χ1) is 6.45. The van der Waals surface area contributed by atoms with Crippen molar-refractivity contribution in [3.05, 3.63) is 34.8 Å². The highest BCUT2D eigenvalue weighted by Gasteiger charge is 2.39. The lowest BCUT2D eigenvalue weighted by Crippen LogP contribution is -2.36. The van der Waals surface area contributed by atoms with E-state index < -0.39 is 11.9 Å². The standard InChI is InChI=1S/C9H10F3NO/c1-2-3-7-4-5-13(14)8(6-7)9(10,11)12/h4-6H,2-3H2,1H3. The molecule has 2 nitrogen and oxygen atoms in total. The monoisotopic (exact) mass is 205 g/mol. The lowest BCUT2D eigenvalue weighted by atomic mass is 10.1. The molecule has 0 spiro atoms. The molecule has 1 aromatic rings. The van der Waals surface area contributed by atoms with Gasteiger partial charge < -0.3 is 5.21 Å². The molecule has 0 bridgehead atoms. The van der Waals surface area contributed by atoms with Gasteiger partial charge in [0.05, 0.1) is 0 Å². The predicted octanol–water partition coefficient (Wildman–Crippen LogP) is 2.29. The molecule has 0 aromatic carbocycles. The van der Waals surface area contributed by atoms with E-state index in [2.05, 4.69) is 0 Å². The Balaban J connectivity index is 3.09. The first-order valence-corrected chi connectivity index (χ1v) is 4.24. The minimum Gasteiger partial charge on any atom is -0.618 e. The molecule has 0 saturated carbocycles. The van der Waals surface area contributed by atoms with Gasteiger partial charge in [-0.3, -0.25) is 0 Å². The molecule has 0 fully saturated rings. The Kier molecular flexibility index (Phi) is 2.98. The number of aryl methyl sites for hydroxylation is 1. The summed E-state index contributed by atoms with van der Waals surface area (Å²) in [6.07, 6.45) is -2.39. The lowest BCUT2D eigenvalue weighted by Gasteiger charge is -2.08. The summed E-state index contributed by atoms with van der Waals surface area (Å²) < 4.78 is 36.6. The highest BCUT2D eigenvalue weighted by molar-refractivity contribution is 5.14. The van der Waals surface area contributed by atoms with E-state index in [1.54, 1.807) is 0 Å². The molecule has 1 rings (SSSR count). The van der Waals surface area contributed by atoms with Gasteiger partial charge in [0.1, 0.15) is 0 Å². The van der Waals surface area contributed by atoms with Crippen molar-refractivity contribution >= 4 is 0 Å². The van der Waals surface area contributed by atoms with Crippen LogP contribution in [0.4, 0.5) is 13.2 Å². The Morgan fingerprint density at radius 2 is 2.07 bits per heavy atom. The molecule has 14 heavy (non-hydrogen) atoms. The van der Waals surface area contributed by atoms with Crippen LogP contribution in [0.5, 0.6) is 0 Å². The summed E-state index contributed by atoms with van der Waals surface area (Å²) in [6, 6.07) is 2.31. The molecule has 78 valence electrons. The smallest absolute Gasteiger partial charge is 0.478 e. The zero-order valence-corrected chi connectivity index (χ0v) is 7.64. The molecule has 0 saturated heterocycles. The summed E-state index contributed by atoms with van der Waals surface area (Å²) in [6.45, 7) is 1.87. The molecular weight excluding hydrogens is 195 g/mol. The highest BCUT2D eigenvalue weighted by Crippen LogP contribution is 2.26. The van der Waals surface area contributed by atoms with E-state index in [0.717, 1.165) is 18.7 Å². The summed E-state index contributed by atoms with van der Waals surface area (Å²) in [5, 5.41) is 10.8. The molecule has 0 aliphatic heterocycles. The van der Waals surface area contributed by atoms with Crippen molar-refractivity contribution in [2.24, 2.45) is 0 Å². The number of aromatic nitrogens is 1. The SMILES string of the molecule is CCCc1cc[n+]([O-])c(C(F)(F)F)c1. The van der Waals surface area contributed by atoms with E-state index in [9.17, 15) is 18.4 Å². The van der Waals surface area contributed by atoms with Crippen LogP contribution in [-0.2, 0) is 12.6 Å². The number of hydrogen-bond donors (Lipinski definition) is 0. The molecule has 0 aliphatic rings. The molecule has 0 unspecified atom stereocenters. The lowest BCUT2D eigenvalue weighted by molar-refractivity contribution is -0.629. The van der Waals surface area contributed by atoms with Crippen LogP contribution in [0.1, 0.15) is 24.6 Å². The van der Waals surface area contributed by atoms with Crippen LogP contribution in [0, 0.1) is 5.21 Å². The van der Waals surface area contributed by atoms with Crippen molar-refractivity contribution in [1.82, 2.24) is 0 Å². The van der Waals surface area contributed by atoms with Crippen LogP contribution in [0.25, 0.3) is 0 Å². The third kappa shape index (κ3) is 2.37. The van der Waals surface area contributed by atoms with Gasteiger partial charge in [-0.25, -0.2) is 0 Å². The molecule has 0 atom stereocenters. The van der Waals surface area contributed by atoms with Crippen molar-refractivity contribution in [3.8, 4) is 0 Å². The van der Waals surface area contributed by atoms with Gasteiger partial charge in [0, 0.05) is 12.1 Å². The summed E-state index contributed by atoms with van der Waals surface area (Å²) in [4.78, 5) is 0. The number of pyridine rings is 1. The summed E-state index contributed by atoms with van der Waals surface area (Å²) in [7, 11) is 0. The maximum Gasteiger partial charge on any atom is 0.478 e. The fraction of sp³-hybridized carbons (Fsp3) is 0.444. The minimum atomic E-state index is -4.58. The van der Waals surface area contributed by atoms with E-state index in [-0.39, 0.29) is 4.73 Å². The second kappa shape index (κ2) is 3.86. The Hall–Kier alpha value is -1.26. The number of rotatable bonds is 2. The zero-order chi connectivity index (χ0) is 10.8. The van der Waals surface area contributed by atoms with Crippen molar-refractivity contribution in [3.63, 3.8) is 0 Å². The van der Waals surface area contributed by atoms with Gasteiger partial charge in [-0.2, -0.15) is 17.9 Å². The number of nitrogens with zero attached hydrogens (tertiary/aromatic N) is 1. The molecule has 0 amide bonds. The molecule has 1 aromatic heterocycles. The van der Waals surface area contributed by atoms with Gasteiger partial charge in [-0.05, 0) is 12.0 Å². The second-order valence-electron chi connectivity index (χ2n) is 2.99. The first-order valence-electron chi connectivity index (χ1n) is 4.24. The van der Waals surface area contributed by atoms with E-state index in [1.165, 1.54) is 6.07 Å². The number of alkyl halides is 3. The average molecular weight is 205 g/mol. The Labute approximate surface area is 79.6 Å². The molecule has 5 heteroatoms. The van der Waals surface area contributed by atoms with Crippen molar-refractivity contribution < 1.29 is 17.9 Å². The van der Waals surface area contributed by atoms with Gasteiger partial charge in [0.2, 0.25) is 0 Å². The first kappa shape index (κ1) is 10.8. The van der Waals surface area contributed by atoms with Gasteiger partial charge in [0.25, 0.3) is 5.69 Å². The van der Waals surface area contributed by atoms with Crippen LogP contribution in [0.15, 0.2) is 18.3 Å². The predicted molar refractivity (Wildman–Crippen MR) is 44.4 cm³/mol. The van der Waals surface area contributed by atoms with Gasteiger partial charge >= 0.3 is 6.18 Å². The van der Waals surface area contributed by atoms with Crippen LogP contribution in [0.2, 0.25) is 0 Å². The van der Waals surface area contributed by atoms with Crippen molar-refractivity contribution in [1.29, 1.82) is 0 Å². The van der Waals surface area contributed by atoms with Gasteiger partial charge in [0.15, 0.2) is 6.20 Å². The molecule has 0 aliphatic carbocycles. The maximum absolute atomic E-state index is 12.2. The molecular formula is C9H10F3NO. The van der Waals surface area contributed by atoms with E-state index >= 15 is 0 Å². The third-order valence-corrected chi connectivity index (χ3v) is 1.81. The fourth-order valence-electron chi connectivity index (χ4n) is 1.18. The summed E-state index contributed by atoms with van der Waals surface area (Å²) >= 11 is 0. The van der Waals surface area contributed by atoms with Crippen molar-refractivity contribution in [2.75, 3.05) is 0 Å². The largest absolute Gasteiger partial charge is 0.618 e. The summed E-state index contributed by atoms with van der Waals surface area (Å²) in [5.74, 6) is 0. The average Bonchev–Trinajstić information content (AvgIpc) is 2.07. The highest BCUT2D eigenvalue weighted by atomic mass is 19.4. The Morgan fingerprint density at radius 3 is 2.57 bits per heavy atom. The van der Waals surface area contributed by atoms with Crippen LogP contribution < -0.4 is 4.73 Å². The fourth-order valence-corrected chi connectivity index (χ4v) is 1.18. The normalized spacial score (nSPS) is 11.7. The number of halogens is 3. The van der Waals surface area contributed by atoms with Crippen LogP contribution in [-0.4, -0.2) is 0 Å². The molecule has 1 heterocycles. The Bertz CT molecular complexity index is 322. The number of hydrogen-bond acceptors (Lipinski definition) is 1. The second-order valence-corrected chi connectivity index (χ2v) is 2.99. The van der Waals surface area contributed by atoms with Gasteiger partial charge in [-0.1, -0.05) is 13.3 Å². The maximum atomic E-state index is 12.2. The Morgan fingerprint density at radius 1 is 1.43 bits per heavy atom. The van der Waals surface area contributed by atoms with E-state index in [0.29, 0.717) is 12.0 Å². The van der Waals surface area contributed by atoms with E-state index in [4.69, 9.17) is 0 Å². The molecule has 0 radical (unpaired) electrons. The van der Waals surface area contributed by atoms with Crippen LogP contribution >= 0.6 is 0 Å². The van der Waals surface area contributed by atoms with Gasteiger partial charge in [-0.15, -0.1) is 0 Å². The quantitative estimate of drug-likeness (QED) is 0.537. The zero-order valence-electron chi connectivity index (χ0n) is 7.64. The van der Waals surface area contributed by atoms with Crippen LogP contribution in [0.3, 0.4) is 0 Å².